The Kier molecular flexibility index (Phi) is 7.05. The van der Waals surface area contributed by atoms with Crippen molar-refractivity contribution in [3.05, 3.63) is 28.8 Å². The molecule has 1 rings (SSSR count). The molecule has 1 aromatic carbocycles. The Morgan fingerprint density at radius 2 is 1.78 bits per heavy atom. The zero-order valence-corrected chi connectivity index (χ0v) is 11.7. The number of benzene rings is 1. The lowest BCUT2D eigenvalue weighted by Gasteiger charge is -2.22. The molecule has 0 heterocycles. The van der Waals surface area contributed by atoms with Crippen LogP contribution in [0.5, 0.6) is 0 Å². The predicted octanol–water partition coefficient (Wildman–Crippen LogP) is 2.02. The van der Waals surface area contributed by atoms with E-state index >= 15 is 0 Å². The average molecular weight is 273 g/mol. The monoisotopic (exact) mass is 272 g/mol. The number of halogens is 1. The fourth-order valence-electron chi connectivity index (χ4n) is 1.67. The van der Waals surface area contributed by atoms with E-state index in [-0.39, 0.29) is 0 Å². The molecule has 0 atom stereocenters. The van der Waals surface area contributed by atoms with Crippen LogP contribution in [0.3, 0.4) is 0 Å². The van der Waals surface area contributed by atoms with Crippen LogP contribution in [0.15, 0.2) is 18.2 Å². The second-order valence-corrected chi connectivity index (χ2v) is 4.52. The lowest BCUT2D eigenvalue weighted by Crippen LogP contribution is -2.30. The van der Waals surface area contributed by atoms with Gasteiger partial charge in [0.2, 0.25) is 0 Å². The number of hydrogen-bond donors (Lipinski definition) is 1. The highest BCUT2D eigenvalue weighted by molar-refractivity contribution is 6.31. The molecule has 4 nitrogen and oxygen atoms in total. The van der Waals surface area contributed by atoms with E-state index in [2.05, 4.69) is 4.90 Å². The zero-order valence-electron chi connectivity index (χ0n) is 11.0. The molecule has 0 aliphatic heterocycles. The van der Waals surface area contributed by atoms with Crippen LogP contribution in [0.2, 0.25) is 5.02 Å². The van der Waals surface area contributed by atoms with E-state index in [1.165, 1.54) is 0 Å². The van der Waals surface area contributed by atoms with Crippen molar-refractivity contribution in [2.75, 3.05) is 46.3 Å². The van der Waals surface area contributed by atoms with E-state index < -0.39 is 0 Å². The van der Waals surface area contributed by atoms with Crippen molar-refractivity contribution in [2.24, 2.45) is 0 Å². The minimum absolute atomic E-state index is 0.684. The molecule has 18 heavy (non-hydrogen) atoms. The van der Waals surface area contributed by atoms with Gasteiger partial charge in [0, 0.05) is 44.6 Å². The van der Waals surface area contributed by atoms with Gasteiger partial charge in [-0.3, -0.25) is 4.90 Å². The quantitative estimate of drug-likeness (QED) is 0.736. The first-order valence-electron chi connectivity index (χ1n) is 5.91. The highest BCUT2D eigenvalue weighted by atomic mass is 35.5. The third-order valence-electron chi connectivity index (χ3n) is 2.69. The summed E-state index contributed by atoms with van der Waals surface area (Å²) < 4.78 is 10.2. The summed E-state index contributed by atoms with van der Waals surface area (Å²) in [6, 6.07) is 5.55. The molecule has 0 amide bonds. The molecule has 1 aromatic rings. The smallest absolute Gasteiger partial charge is 0.0589 e. The molecule has 2 N–H and O–H groups in total. The van der Waals surface area contributed by atoms with Gasteiger partial charge in [-0.2, -0.15) is 0 Å². The number of nitrogens with zero attached hydrogens (tertiary/aromatic N) is 1. The number of rotatable bonds is 8. The summed E-state index contributed by atoms with van der Waals surface area (Å²) in [6.45, 7) is 3.79. The van der Waals surface area contributed by atoms with E-state index in [1.807, 2.05) is 12.1 Å². The number of hydrogen-bond acceptors (Lipinski definition) is 4. The van der Waals surface area contributed by atoms with Gasteiger partial charge in [-0.25, -0.2) is 0 Å². The summed E-state index contributed by atoms with van der Waals surface area (Å²) in [4.78, 5) is 2.23. The Labute approximate surface area is 114 Å². The van der Waals surface area contributed by atoms with Crippen molar-refractivity contribution in [3.8, 4) is 0 Å². The molecular formula is C13H21ClN2O2. The zero-order chi connectivity index (χ0) is 13.4. The SMILES string of the molecule is COCCN(CCOC)Cc1cc(N)ccc1Cl. The molecule has 0 aliphatic carbocycles. The number of ether oxygens (including phenoxy) is 2. The van der Waals surface area contributed by atoms with Crippen LogP contribution in [0.4, 0.5) is 5.69 Å². The van der Waals surface area contributed by atoms with Crippen LogP contribution in [-0.2, 0) is 16.0 Å². The van der Waals surface area contributed by atoms with E-state index in [9.17, 15) is 0 Å². The lowest BCUT2D eigenvalue weighted by atomic mass is 10.2. The number of anilines is 1. The molecule has 0 aromatic heterocycles. The number of nitrogens with two attached hydrogens (primary N) is 1. The lowest BCUT2D eigenvalue weighted by molar-refractivity contribution is 0.110. The second kappa shape index (κ2) is 8.32. The third kappa shape index (κ3) is 5.23. The molecule has 0 spiro atoms. The molecule has 102 valence electrons. The average Bonchev–Trinajstić information content (AvgIpc) is 2.37. The molecule has 0 saturated heterocycles. The van der Waals surface area contributed by atoms with Crippen molar-refractivity contribution in [3.63, 3.8) is 0 Å². The van der Waals surface area contributed by atoms with Crippen molar-refractivity contribution >= 4 is 17.3 Å². The van der Waals surface area contributed by atoms with Crippen LogP contribution in [0.25, 0.3) is 0 Å². The van der Waals surface area contributed by atoms with Crippen LogP contribution in [0.1, 0.15) is 5.56 Å². The summed E-state index contributed by atoms with van der Waals surface area (Å²) in [5.41, 5.74) is 7.54. The van der Waals surface area contributed by atoms with Crippen molar-refractivity contribution < 1.29 is 9.47 Å². The molecule has 5 heteroatoms. The number of methoxy groups -OCH3 is 2. The Balaban J connectivity index is 2.65. The fourth-order valence-corrected chi connectivity index (χ4v) is 1.84. The van der Waals surface area contributed by atoms with Gasteiger partial charge < -0.3 is 15.2 Å². The van der Waals surface area contributed by atoms with E-state index in [1.54, 1.807) is 20.3 Å². The van der Waals surface area contributed by atoms with Gasteiger partial charge in [0.25, 0.3) is 0 Å². The van der Waals surface area contributed by atoms with Gasteiger partial charge >= 0.3 is 0 Å². The molecule has 0 unspecified atom stereocenters. The maximum Gasteiger partial charge on any atom is 0.0589 e. The Morgan fingerprint density at radius 1 is 1.17 bits per heavy atom. The molecule has 0 aliphatic rings. The Morgan fingerprint density at radius 3 is 2.33 bits per heavy atom. The normalized spacial score (nSPS) is 11.1. The molecule has 0 radical (unpaired) electrons. The van der Waals surface area contributed by atoms with Crippen molar-refractivity contribution in [1.82, 2.24) is 4.90 Å². The fraction of sp³-hybridized carbons (Fsp3) is 0.538. The standard InChI is InChI=1S/C13H21ClN2O2/c1-17-7-5-16(6-8-18-2)10-11-9-12(15)3-4-13(11)14/h3-4,9H,5-8,10,15H2,1-2H3. The first-order chi connectivity index (χ1) is 8.67. The summed E-state index contributed by atoms with van der Waals surface area (Å²) in [6.07, 6.45) is 0. The highest BCUT2D eigenvalue weighted by Crippen LogP contribution is 2.20. The van der Waals surface area contributed by atoms with Crippen molar-refractivity contribution in [2.45, 2.75) is 6.54 Å². The van der Waals surface area contributed by atoms with Gasteiger partial charge in [-0.1, -0.05) is 11.6 Å². The van der Waals surface area contributed by atoms with Crippen molar-refractivity contribution in [1.29, 1.82) is 0 Å². The third-order valence-corrected chi connectivity index (χ3v) is 3.06. The molecular weight excluding hydrogens is 252 g/mol. The van der Waals surface area contributed by atoms with E-state index in [0.29, 0.717) is 13.2 Å². The van der Waals surface area contributed by atoms with E-state index in [0.717, 1.165) is 35.9 Å². The highest BCUT2D eigenvalue weighted by Gasteiger charge is 2.08. The van der Waals surface area contributed by atoms with Gasteiger partial charge in [0.05, 0.1) is 13.2 Å². The summed E-state index contributed by atoms with van der Waals surface area (Å²) >= 11 is 6.16. The van der Waals surface area contributed by atoms with E-state index in [4.69, 9.17) is 26.8 Å². The summed E-state index contributed by atoms with van der Waals surface area (Å²) in [7, 11) is 3.39. The molecule has 0 saturated carbocycles. The minimum Gasteiger partial charge on any atom is -0.399 e. The minimum atomic E-state index is 0.684. The van der Waals surface area contributed by atoms with Crippen LogP contribution in [0, 0.1) is 0 Å². The van der Waals surface area contributed by atoms with Gasteiger partial charge in [-0.05, 0) is 23.8 Å². The van der Waals surface area contributed by atoms with Gasteiger partial charge in [-0.15, -0.1) is 0 Å². The Hall–Kier alpha value is -0.810. The molecule has 0 fully saturated rings. The summed E-state index contributed by atoms with van der Waals surface area (Å²) in [5.74, 6) is 0. The maximum absolute atomic E-state index is 6.16. The van der Waals surface area contributed by atoms with Gasteiger partial charge in [0.1, 0.15) is 0 Å². The maximum atomic E-state index is 6.16. The Bertz CT molecular complexity index is 353. The van der Waals surface area contributed by atoms with Crippen LogP contribution in [-0.4, -0.2) is 45.4 Å². The topological polar surface area (TPSA) is 47.7 Å². The number of nitrogen functional groups attached to an aromatic ring is 1. The van der Waals surface area contributed by atoms with Crippen LogP contribution < -0.4 is 5.73 Å². The predicted molar refractivity (Wildman–Crippen MR) is 74.9 cm³/mol. The van der Waals surface area contributed by atoms with Crippen LogP contribution >= 0.6 is 11.6 Å². The first-order valence-corrected chi connectivity index (χ1v) is 6.29. The van der Waals surface area contributed by atoms with Gasteiger partial charge in [0.15, 0.2) is 0 Å². The summed E-state index contributed by atoms with van der Waals surface area (Å²) in [5, 5.41) is 0.740. The molecule has 0 bridgehead atoms. The second-order valence-electron chi connectivity index (χ2n) is 4.11. The first kappa shape index (κ1) is 15.2. The largest absolute Gasteiger partial charge is 0.399 e.